The molecule has 0 amide bonds. The van der Waals surface area contributed by atoms with Gasteiger partial charge in [-0.3, -0.25) is 4.98 Å². The Balaban J connectivity index is 2.01. The van der Waals surface area contributed by atoms with Crippen LogP contribution in [0.5, 0.6) is 5.75 Å². The summed E-state index contributed by atoms with van der Waals surface area (Å²) in [6.45, 7) is 2.97. The molecular weight excluding hydrogens is 232 g/mol. The van der Waals surface area contributed by atoms with Crippen molar-refractivity contribution in [3.63, 3.8) is 0 Å². The lowest BCUT2D eigenvalue weighted by Gasteiger charge is -2.16. The van der Waals surface area contributed by atoms with Crippen LogP contribution in [0.15, 0.2) is 36.0 Å². The molecular formula is C13H16N2OS. The van der Waals surface area contributed by atoms with E-state index in [0.29, 0.717) is 0 Å². The lowest BCUT2D eigenvalue weighted by Crippen LogP contribution is -2.18. The van der Waals surface area contributed by atoms with E-state index >= 15 is 0 Å². The van der Waals surface area contributed by atoms with E-state index in [1.807, 2.05) is 29.9 Å². The van der Waals surface area contributed by atoms with Gasteiger partial charge in [0.15, 0.2) is 0 Å². The van der Waals surface area contributed by atoms with Crippen molar-refractivity contribution in [2.75, 3.05) is 7.11 Å². The largest absolute Gasteiger partial charge is 0.496 e. The first-order valence-corrected chi connectivity index (χ1v) is 6.43. The number of methoxy groups -OCH3 is 1. The first-order chi connectivity index (χ1) is 8.31. The van der Waals surface area contributed by atoms with Crippen molar-refractivity contribution in [2.45, 2.75) is 19.5 Å². The molecule has 4 heteroatoms. The Morgan fingerprint density at radius 1 is 1.41 bits per heavy atom. The summed E-state index contributed by atoms with van der Waals surface area (Å²) in [7, 11) is 1.70. The maximum atomic E-state index is 5.35. The predicted molar refractivity (Wildman–Crippen MR) is 70.4 cm³/mol. The number of ether oxygens (including phenoxy) is 1. The highest BCUT2D eigenvalue weighted by atomic mass is 32.1. The first-order valence-electron chi connectivity index (χ1n) is 5.55. The Morgan fingerprint density at radius 3 is 2.94 bits per heavy atom. The molecule has 0 aliphatic carbocycles. The molecule has 1 N–H and O–H groups in total. The Hall–Kier alpha value is -1.39. The minimum Gasteiger partial charge on any atom is -0.496 e. The molecule has 1 aromatic heterocycles. The summed E-state index contributed by atoms with van der Waals surface area (Å²) in [5.74, 6) is 0.928. The van der Waals surface area contributed by atoms with Crippen molar-refractivity contribution < 1.29 is 4.74 Å². The minimum atomic E-state index is 0.258. The highest BCUT2D eigenvalue weighted by Crippen LogP contribution is 2.24. The second-order valence-corrected chi connectivity index (χ2v) is 4.78. The molecule has 1 unspecified atom stereocenters. The zero-order valence-electron chi connectivity index (χ0n) is 10.0. The lowest BCUT2D eigenvalue weighted by molar-refractivity contribution is 0.401. The van der Waals surface area contributed by atoms with Crippen LogP contribution in [-0.4, -0.2) is 12.1 Å². The SMILES string of the molecule is COc1ccccc1C(C)NCc1cncs1. The smallest absolute Gasteiger partial charge is 0.123 e. The van der Waals surface area contributed by atoms with E-state index in [0.717, 1.165) is 12.3 Å². The van der Waals surface area contributed by atoms with Gasteiger partial charge in [-0.25, -0.2) is 0 Å². The number of benzene rings is 1. The van der Waals surface area contributed by atoms with Crippen molar-refractivity contribution in [2.24, 2.45) is 0 Å². The second kappa shape index (κ2) is 5.80. The van der Waals surface area contributed by atoms with Crippen LogP contribution in [-0.2, 0) is 6.54 Å². The molecule has 90 valence electrons. The highest BCUT2D eigenvalue weighted by molar-refractivity contribution is 7.09. The number of nitrogens with one attached hydrogen (secondary N) is 1. The van der Waals surface area contributed by atoms with Crippen molar-refractivity contribution in [3.8, 4) is 5.75 Å². The summed E-state index contributed by atoms with van der Waals surface area (Å²) in [4.78, 5) is 5.30. The first kappa shape index (κ1) is 12.1. The third-order valence-electron chi connectivity index (χ3n) is 2.67. The number of hydrogen-bond donors (Lipinski definition) is 1. The molecule has 3 nitrogen and oxygen atoms in total. The average molecular weight is 248 g/mol. The van der Waals surface area contributed by atoms with Crippen LogP contribution in [0.25, 0.3) is 0 Å². The van der Waals surface area contributed by atoms with E-state index in [4.69, 9.17) is 4.74 Å². The van der Waals surface area contributed by atoms with E-state index in [-0.39, 0.29) is 6.04 Å². The normalized spacial score (nSPS) is 12.4. The number of para-hydroxylation sites is 1. The summed E-state index contributed by atoms with van der Waals surface area (Å²) in [6, 6.07) is 8.35. The molecule has 0 saturated heterocycles. The number of aromatic nitrogens is 1. The van der Waals surface area contributed by atoms with Crippen LogP contribution in [0, 0.1) is 0 Å². The number of hydrogen-bond acceptors (Lipinski definition) is 4. The van der Waals surface area contributed by atoms with Gasteiger partial charge in [0.05, 0.1) is 12.6 Å². The van der Waals surface area contributed by atoms with Gasteiger partial charge in [0.1, 0.15) is 5.75 Å². The standard InChI is InChI=1S/C13H16N2OS/c1-10(15-8-11-7-14-9-17-11)12-5-3-4-6-13(12)16-2/h3-7,9-10,15H,8H2,1-2H3. The van der Waals surface area contributed by atoms with Crippen LogP contribution in [0.1, 0.15) is 23.4 Å². The van der Waals surface area contributed by atoms with E-state index in [9.17, 15) is 0 Å². The third-order valence-corrected chi connectivity index (χ3v) is 3.45. The Kier molecular flexibility index (Phi) is 4.12. The van der Waals surface area contributed by atoms with Crippen LogP contribution < -0.4 is 10.1 Å². The molecule has 0 aliphatic rings. The molecule has 2 aromatic rings. The fourth-order valence-electron chi connectivity index (χ4n) is 1.72. The molecule has 1 atom stereocenters. The van der Waals surface area contributed by atoms with Crippen LogP contribution in [0.3, 0.4) is 0 Å². The quantitative estimate of drug-likeness (QED) is 0.883. The highest BCUT2D eigenvalue weighted by Gasteiger charge is 2.10. The molecule has 0 fully saturated rings. The fraction of sp³-hybridized carbons (Fsp3) is 0.308. The Labute approximate surface area is 105 Å². The Bertz CT molecular complexity index is 456. The summed E-state index contributed by atoms with van der Waals surface area (Å²) in [5, 5.41) is 3.47. The molecule has 1 heterocycles. The topological polar surface area (TPSA) is 34.1 Å². The third kappa shape index (κ3) is 3.05. The van der Waals surface area contributed by atoms with Crippen molar-refractivity contribution in [1.29, 1.82) is 0 Å². The second-order valence-electron chi connectivity index (χ2n) is 3.81. The zero-order valence-corrected chi connectivity index (χ0v) is 10.8. The summed E-state index contributed by atoms with van der Waals surface area (Å²) in [6.07, 6.45) is 1.90. The van der Waals surface area contributed by atoms with E-state index < -0.39 is 0 Å². The van der Waals surface area contributed by atoms with Crippen molar-refractivity contribution in [3.05, 3.63) is 46.4 Å². The molecule has 0 radical (unpaired) electrons. The fourth-order valence-corrected chi connectivity index (χ4v) is 2.26. The van der Waals surface area contributed by atoms with Crippen LogP contribution >= 0.6 is 11.3 Å². The van der Waals surface area contributed by atoms with Gasteiger partial charge in [-0.1, -0.05) is 18.2 Å². The maximum absolute atomic E-state index is 5.35. The molecule has 0 spiro atoms. The van der Waals surface area contributed by atoms with Crippen molar-refractivity contribution >= 4 is 11.3 Å². The van der Waals surface area contributed by atoms with Gasteiger partial charge in [0, 0.05) is 29.2 Å². The van der Waals surface area contributed by atoms with Gasteiger partial charge in [-0.05, 0) is 13.0 Å². The van der Waals surface area contributed by atoms with Gasteiger partial charge in [0.25, 0.3) is 0 Å². The van der Waals surface area contributed by atoms with Crippen molar-refractivity contribution in [1.82, 2.24) is 10.3 Å². The molecule has 17 heavy (non-hydrogen) atoms. The molecule has 0 saturated carbocycles. The number of thiazole rings is 1. The van der Waals surface area contributed by atoms with Gasteiger partial charge >= 0.3 is 0 Å². The predicted octanol–water partition coefficient (Wildman–Crippen LogP) is 3.00. The monoisotopic (exact) mass is 248 g/mol. The summed E-state index contributed by atoms with van der Waals surface area (Å²) < 4.78 is 5.35. The van der Waals surface area contributed by atoms with E-state index in [1.54, 1.807) is 18.4 Å². The summed E-state index contributed by atoms with van der Waals surface area (Å²) in [5.41, 5.74) is 3.03. The molecule has 0 aliphatic heterocycles. The van der Waals surface area contributed by atoms with Gasteiger partial charge in [0.2, 0.25) is 0 Å². The van der Waals surface area contributed by atoms with Gasteiger partial charge in [-0.15, -0.1) is 11.3 Å². The minimum absolute atomic E-state index is 0.258. The van der Waals surface area contributed by atoms with E-state index in [1.165, 1.54) is 10.4 Å². The Morgan fingerprint density at radius 2 is 2.24 bits per heavy atom. The number of rotatable bonds is 5. The average Bonchev–Trinajstić information content (AvgIpc) is 2.89. The van der Waals surface area contributed by atoms with Crippen LogP contribution in [0.4, 0.5) is 0 Å². The lowest BCUT2D eigenvalue weighted by atomic mass is 10.1. The zero-order chi connectivity index (χ0) is 12.1. The summed E-state index contributed by atoms with van der Waals surface area (Å²) >= 11 is 1.67. The van der Waals surface area contributed by atoms with E-state index in [2.05, 4.69) is 23.3 Å². The molecule has 2 rings (SSSR count). The van der Waals surface area contributed by atoms with Gasteiger partial charge < -0.3 is 10.1 Å². The molecule has 1 aromatic carbocycles. The van der Waals surface area contributed by atoms with Gasteiger partial charge in [-0.2, -0.15) is 0 Å². The molecule has 0 bridgehead atoms. The van der Waals surface area contributed by atoms with Crippen LogP contribution in [0.2, 0.25) is 0 Å². The number of nitrogens with zero attached hydrogens (tertiary/aromatic N) is 1. The maximum Gasteiger partial charge on any atom is 0.123 e.